The third kappa shape index (κ3) is 3.05. The molecular formula is C15H16FNO4. The van der Waals surface area contributed by atoms with Crippen LogP contribution in [0.2, 0.25) is 0 Å². The molecular weight excluding hydrogens is 277 g/mol. The SMILES string of the molecule is COc1cc(OC)c(C(O)c2cncc(F)c2)cc1OC. The predicted molar refractivity (Wildman–Crippen MR) is 74.4 cm³/mol. The number of benzene rings is 1. The van der Waals surface area contributed by atoms with E-state index in [9.17, 15) is 9.50 Å². The molecule has 2 rings (SSSR count). The topological polar surface area (TPSA) is 60.8 Å². The first kappa shape index (κ1) is 15.1. The Hall–Kier alpha value is -2.34. The van der Waals surface area contributed by atoms with Crippen LogP contribution < -0.4 is 14.2 Å². The molecule has 1 heterocycles. The van der Waals surface area contributed by atoms with Crippen LogP contribution in [0.4, 0.5) is 4.39 Å². The maximum absolute atomic E-state index is 13.2. The van der Waals surface area contributed by atoms with Gasteiger partial charge in [-0.2, -0.15) is 0 Å². The number of hydrogen-bond acceptors (Lipinski definition) is 5. The zero-order valence-electron chi connectivity index (χ0n) is 12.0. The van der Waals surface area contributed by atoms with Crippen molar-refractivity contribution in [1.29, 1.82) is 0 Å². The largest absolute Gasteiger partial charge is 0.496 e. The summed E-state index contributed by atoms with van der Waals surface area (Å²) < 4.78 is 28.9. The third-order valence-corrected chi connectivity index (χ3v) is 3.07. The highest BCUT2D eigenvalue weighted by molar-refractivity contribution is 5.53. The number of aromatic nitrogens is 1. The standard InChI is InChI=1S/C15H16FNO4/c1-19-12-6-14(21-3)13(20-2)5-11(12)15(18)9-4-10(16)8-17-7-9/h4-8,15,18H,1-3H3. The molecule has 1 N–H and O–H groups in total. The molecule has 2 aromatic rings. The van der Waals surface area contributed by atoms with Gasteiger partial charge >= 0.3 is 0 Å². The molecule has 1 atom stereocenters. The van der Waals surface area contributed by atoms with E-state index in [1.807, 2.05) is 0 Å². The van der Waals surface area contributed by atoms with Gasteiger partial charge in [-0.15, -0.1) is 0 Å². The lowest BCUT2D eigenvalue weighted by atomic mass is 10.0. The number of methoxy groups -OCH3 is 3. The fourth-order valence-electron chi connectivity index (χ4n) is 2.02. The maximum Gasteiger partial charge on any atom is 0.164 e. The molecule has 1 aromatic heterocycles. The van der Waals surface area contributed by atoms with Gasteiger partial charge in [0.25, 0.3) is 0 Å². The first-order chi connectivity index (χ1) is 10.1. The lowest BCUT2D eigenvalue weighted by molar-refractivity contribution is 0.212. The summed E-state index contributed by atoms with van der Waals surface area (Å²) in [6.07, 6.45) is 1.37. The molecule has 0 aliphatic heterocycles. The minimum Gasteiger partial charge on any atom is -0.496 e. The van der Waals surface area contributed by atoms with Gasteiger partial charge < -0.3 is 19.3 Å². The molecule has 0 saturated heterocycles. The van der Waals surface area contributed by atoms with E-state index in [1.54, 1.807) is 12.1 Å². The molecule has 0 aliphatic rings. The molecule has 5 nitrogen and oxygen atoms in total. The van der Waals surface area contributed by atoms with E-state index in [1.165, 1.54) is 33.6 Å². The first-order valence-corrected chi connectivity index (χ1v) is 6.19. The molecule has 0 radical (unpaired) electrons. The molecule has 0 saturated carbocycles. The quantitative estimate of drug-likeness (QED) is 0.916. The highest BCUT2D eigenvalue weighted by Gasteiger charge is 2.20. The lowest BCUT2D eigenvalue weighted by Crippen LogP contribution is -2.05. The van der Waals surface area contributed by atoms with E-state index in [4.69, 9.17) is 14.2 Å². The average Bonchev–Trinajstić information content (AvgIpc) is 2.52. The van der Waals surface area contributed by atoms with Crippen LogP contribution in [0.25, 0.3) is 0 Å². The van der Waals surface area contributed by atoms with Crippen molar-refractivity contribution in [2.75, 3.05) is 21.3 Å². The smallest absolute Gasteiger partial charge is 0.164 e. The van der Waals surface area contributed by atoms with Crippen LogP contribution in [0.3, 0.4) is 0 Å². The Labute approximate surface area is 121 Å². The van der Waals surface area contributed by atoms with E-state index in [-0.39, 0.29) is 0 Å². The van der Waals surface area contributed by atoms with Gasteiger partial charge in [-0.3, -0.25) is 4.98 Å². The third-order valence-electron chi connectivity index (χ3n) is 3.07. The van der Waals surface area contributed by atoms with Crippen molar-refractivity contribution in [3.8, 4) is 17.2 Å². The minimum atomic E-state index is -1.09. The van der Waals surface area contributed by atoms with Crippen LogP contribution in [0, 0.1) is 5.82 Å². The van der Waals surface area contributed by atoms with Crippen molar-refractivity contribution in [2.45, 2.75) is 6.10 Å². The number of pyridine rings is 1. The van der Waals surface area contributed by atoms with Gasteiger partial charge in [0.15, 0.2) is 11.5 Å². The second-order valence-corrected chi connectivity index (χ2v) is 4.29. The van der Waals surface area contributed by atoms with E-state index >= 15 is 0 Å². The van der Waals surface area contributed by atoms with Gasteiger partial charge in [-0.1, -0.05) is 0 Å². The van der Waals surface area contributed by atoms with E-state index in [0.717, 1.165) is 6.20 Å². The number of ether oxygens (including phenoxy) is 3. The minimum absolute atomic E-state index is 0.320. The summed E-state index contributed by atoms with van der Waals surface area (Å²) in [7, 11) is 4.47. The summed E-state index contributed by atoms with van der Waals surface area (Å²) in [5.74, 6) is 0.801. The number of halogens is 1. The van der Waals surface area contributed by atoms with Gasteiger partial charge in [0.2, 0.25) is 0 Å². The first-order valence-electron chi connectivity index (χ1n) is 6.19. The molecule has 0 spiro atoms. The van der Waals surface area contributed by atoms with Crippen molar-refractivity contribution in [3.63, 3.8) is 0 Å². The van der Waals surface area contributed by atoms with Crippen molar-refractivity contribution in [3.05, 3.63) is 47.5 Å². The fraction of sp³-hybridized carbons (Fsp3) is 0.267. The summed E-state index contributed by atoms with van der Waals surface area (Å²) in [6.45, 7) is 0. The predicted octanol–water partition coefficient (Wildman–Crippen LogP) is 2.33. The molecule has 1 unspecified atom stereocenters. The highest BCUT2D eigenvalue weighted by atomic mass is 19.1. The Balaban J connectivity index is 2.51. The normalized spacial score (nSPS) is 11.9. The number of hydrogen-bond donors (Lipinski definition) is 1. The van der Waals surface area contributed by atoms with Gasteiger partial charge in [-0.25, -0.2) is 4.39 Å². The molecule has 0 amide bonds. The van der Waals surface area contributed by atoms with Gasteiger partial charge in [0.1, 0.15) is 17.7 Å². The monoisotopic (exact) mass is 293 g/mol. The zero-order valence-corrected chi connectivity index (χ0v) is 12.0. The summed E-state index contributed by atoms with van der Waals surface area (Å²) in [6, 6.07) is 4.41. The second kappa shape index (κ2) is 6.41. The van der Waals surface area contributed by atoms with Gasteiger partial charge in [0, 0.05) is 23.4 Å². The highest BCUT2D eigenvalue weighted by Crippen LogP contribution is 2.39. The molecule has 112 valence electrons. The summed E-state index contributed by atoms with van der Waals surface area (Å²) in [5.41, 5.74) is 0.753. The van der Waals surface area contributed by atoms with Crippen molar-refractivity contribution in [1.82, 2.24) is 4.98 Å². The van der Waals surface area contributed by atoms with Crippen LogP contribution >= 0.6 is 0 Å². The Morgan fingerprint density at radius 1 is 0.952 bits per heavy atom. The number of aliphatic hydroxyl groups excluding tert-OH is 1. The Kier molecular flexibility index (Phi) is 4.59. The summed E-state index contributed by atoms with van der Waals surface area (Å²) in [5, 5.41) is 10.4. The fourth-order valence-corrected chi connectivity index (χ4v) is 2.02. The van der Waals surface area contributed by atoms with Crippen LogP contribution in [0.5, 0.6) is 17.2 Å². The molecule has 21 heavy (non-hydrogen) atoms. The van der Waals surface area contributed by atoms with Gasteiger partial charge in [0.05, 0.1) is 27.5 Å². The molecule has 0 bridgehead atoms. The van der Waals surface area contributed by atoms with Crippen molar-refractivity contribution >= 4 is 0 Å². The van der Waals surface area contributed by atoms with Crippen molar-refractivity contribution in [2.24, 2.45) is 0 Å². The molecule has 0 fully saturated rings. The summed E-state index contributed by atoms with van der Waals surface area (Å²) >= 11 is 0. The van der Waals surface area contributed by atoms with Crippen LogP contribution in [0.15, 0.2) is 30.6 Å². The molecule has 1 aromatic carbocycles. The van der Waals surface area contributed by atoms with Gasteiger partial charge in [-0.05, 0) is 12.1 Å². The van der Waals surface area contributed by atoms with Crippen LogP contribution in [0.1, 0.15) is 17.2 Å². The van der Waals surface area contributed by atoms with Crippen LogP contribution in [-0.2, 0) is 0 Å². The second-order valence-electron chi connectivity index (χ2n) is 4.29. The average molecular weight is 293 g/mol. The van der Waals surface area contributed by atoms with E-state index in [0.29, 0.717) is 28.4 Å². The maximum atomic E-state index is 13.2. The Morgan fingerprint density at radius 2 is 1.57 bits per heavy atom. The molecule has 6 heteroatoms. The Morgan fingerprint density at radius 3 is 2.14 bits per heavy atom. The lowest BCUT2D eigenvalue weighted by Gasteiger charge is -2.18. The summed E-state index contributed by atoms with van der Waals surface area (Å²) in [4.78, 5) is 3.73. The zero-order chi connectivity index (χ0) is 15.4. The number of rotatable bonds is 5. The van der Waals surface area contributed by atoms with Crippen LogP contribution in [-0.4, -0.2) is 31.4 Å². The molecule has 0 aliphatic carbocycles. The van der Waals surface area contributed by atoms with Crippen molar-refractivity contribution < 1.29 is 23.7 Å². The number of nitrogens with zero attached hydrogens (tertiary/aromatic N) is 1. The number of aliphatic hydroxyl groups is 1. The van der Waals surface area contributed by atoms with E-state index in [2.05, 4.69) is 4.98 Å². The Bertz CT molecular complexity index is 633. The van der Waals surface area contributed by atoms with E-state index < -0.39 is 11.9 Å².